The molecule has 2 amide bonds. The first-order valence-electron chi connectivity index (χ1n) is 7.60. The molecule has 0 radical (unpaired) electrons. The number of ether oxygens (including phenoxy) is 1. The second kappa shape index (κ2) is 7.26. The van der Waals surface area contributed by atoms with Crippen molar-refractivity contribution in [1.82, 2.24) is 5.32 Å². The molecule has 0 aromatic heterocycles. The van der Waals surface area contributed by atoms with Gasteiger partial charge in [-0.3, -0.25) is 14.5 Å². The Balaban J connectivity index is 2.27. The van der Waals surface area contributed by atoms with E-state index in [-0.39, 0.29) is 31.0 Å². The number of amides is 2. The molecule has 1 aromatic carbocycles. The molecule has 1 aromatic rings. The van der Waals surface area contributed by atoms with Crippen molar-refractivity contribution in [3.8, 4) is 5.75 Å². The lowest BCUT2D eigenvalue weighted by molar-refractivity contribution is -0.125. The van der Waals surface area contributed by atoms with Crippen LogP contribution in [0.5, 0.6) is 5.75 Å². The third-order valence-corrected chi connectivity index (χ3v) is 3.80. The first-order chi connectivity index (χ1) is 10.6. The number of unbranched alkanes of at least 4 members (excludes halogenated alkanes) is 1. The summed E-state index contributed by atoms with van der Waals surface area (Å²) < 4.78 is 5.43. The lowest BCUT2D eigenvalue weighted by Gasteiger charge is -2.29. The van der Waals surface area contributed by atoms with Crippen LogP contribution in [0, 0.1) is 0 Å². The van der Waals surface area contributed by atoms with Crippen molar-refractivity contribution < 1.29 is 14.3 Å². The van der Waals surface area contributed by atoms with Gasteiger partial charge in [-0.1, -0.05) is 25.8 Å². The number of rotatable bonds is 6. The van der Waals surface area contributed by atoms with Crippen molar-refractivity contribution >= 4 is 17.5 Å². The Kier molecular flexibility index (Phi) is 5.38. The number of fused-ring (bicyclic) bond motifs is 1. The van der Waals surface area contributed by atoms with Crippen molar-refractivity contribution in [1.29, 1.82) is 0 Å². The molecular formula is C16H23N3O3. The molecule has 0 saturated heterocycles. The minimum atomic E-state index is -0.227. The molecule has 1 aliphatic heterocycles. The smallest absolute Gasteiger partial charge is 0.265 e. The summed E-state index contributed by atoms with van der Waals surface area (Å²) in [6.07, 6.45) is 3.03. The lowest BCUT2D eigenvalue weighted by atomic mass is 10.0. The first-order valence-corrected chi connectivity index (χ1v) is 7.60. The van der Waals surface area contributed by atoms with E-state index in [1.807, 2.05) is 18.2 Å². The van der Waals surface area contributed by atoms with Gasteiger partial charge in [0.1, 0.15) is 12.3 Å². The highest BCUT2D eigenvalue weighted by atomic mass is 16.5. The zero-order chi connectivity index (χ0) is 16.1. The number of nitrogens with zero attached hydrogens (tertiary/aromatic N) is 1. The zero-order valence-electron chi connectivity index (χ0n) is 13.1. The molecule has 0 saturated carbocycles. The molecule has 2 rings (SSSR count). The Bertz CT molecular complexity index is 560. The van der Waals surface area contributed by atoms with Gasteiger partial charge >= 0.3 is 0 Å². The molecular weight excluding hydrogens is 282 g/mol. The second-order valence-electron chi connectivity index (χ2n) is 5.42. The molecule has 0 bridgehead atoms. The summed E-state index contributed by atoms with van der Waals surface area (Å²) in [5.74, 6) is 0.159. The van der Waals surface area contributed by atoms with Gasteiger partial charge in [0.2, 0.25) is 5.91 Å². The van der Waals surface area contributed by atoms with E-state index in [1.165, 1.54) is 4.90 Å². The lowest BCUT2D eigenvalue weighted by Crippen LogP contribution is -2.44. The van der Waals surface area contributed by atoms with Crippen molar-refractivity contribution in [2.24, 2.45) is 5.73 Å². The van der Waals surface area contributed by atoms with Crippen molar-refractivity contribution in [3.05, 3.63) is 23.8 Å². The summed E-state index contributed by atoms with van der Waals surface area (Å²) in [6, 6.07) is 5.52. The summed E-state index contributed by atoms with van der Waals surface area (Å²) in [7, 11) is 1.55. The quantitative estimate of drug-likeness (QED) is 0.831. The van der Waals surface area contributed by atoms with Crippen LogP contribution < -0.4 is 20.7 Å². The molecule has 120 valence electrons. The topological polar surface area (TPSA) is 84.7 Å². The van der Waals surface area contributed by atoms with E-state index in [4.69, 9.17) is 10.5 Å². The number of anilines is 1. The number of carbonyl (C=O) groups excluding carboxylic acids is 2. The van der Waals surface area contributed by atoms with Crippen LogP contribution in [0.2, 0.25) is 0 Å². The van der Waals surface area contributed by atoms with E-state index in [0.717, 1.165) is 24.8 Å². The predicted octanol–water partition coefficient (Wildman–Crippen LogP) is 1.35. The van der Waals surface area contributed by atoms with Crippen LogP contribution in [0.1, 0.15) is 37.8 Å². The summed E-state index contributed by atoms with van der Waals surface area (Å²) in [5.41, 5.74) is 7.76. The van der Waals surface area contributed by atoms with Crippen LogP contribution in [0.25, 0.3) is 0 Å². The maximum Gasteiger partial charge on any atom is 0.265 e. The minimum Gasteiger partial charge on any atom is -0.482 e. The molecule has 3 N–H and O–H groups in total. The Morgan fingerprint density at radius 2 is 2.27 bits per heavy atom. The molecule has 0 aliphatic carbocycles. The SMILES string of the molecule is CCCCC(N)c1ccc2c(c1)N(CC(=O)NC)C(=O)CO2. The maximum absolute atomic E-state index is 12.1. The van der Waals surface area contributed by atoms with E-state index in [1.54, 1.807) is 7.05 Å². The molecule has 22 heavy (non-hydrogen) atoms. The van der Waals surface area contributed by atoms with Crippen molar-refractivity contribution in [2.75, 3.05) is 25.1 Å². The average molecular weight is 305 g/mol. The molecule has 1 unspecified atom stereocenters. The molecule has 1 heterocycles. The van der Waals surface area contributed by atoms with Crippen molar-refractivity contribution in [3.63, 3.8) is 0 Å². The van der Waals surface area contributed by atoms with Gasteiger partial charge in [0, 0.05) is 13.1 Å². The summed E-state index contributed by atoms with van der Waals surface area (Å²) in [5, 5.41) is 2.53. The molecule has 1 atom stereocenters. The van der Waals surface area contributed by atoms with Gasteiger partial charge in [0.05, 0.1) is 5.69 Å². The van der Waals surface area contributed by atoms with Gasteiger partial charge in [-0.15, -0.1) is 0 Å². The minimum absolute atomic E-state index is 0.0145. The number of nitrogens with two attached hydrogens (primary N) is 1. The highest BCUT2D eigenvalue weighted by molar-refractivity contribution is 6.02. The van der Waals surface area contributed by atoms with Crippen LogP contribution >= 0.6 is 0 Å². The highest BCUT2D eigenvalue weighted by Gasteiger charge is 2.27. The van der Waals surface area contributed by atoms with Crippen LogP contribution in [0.4, 0.5) is 5.69 Å². The predicted molar refractivity (Wildman–Crippen MR) is 84.8 cm³/mol. The second-order valence-corrected chi connectivity index (χ2v) is 5.42. The van der Waals surface area contributed by atoms with Gasteiger partial charge in [-0.25, -0.2) is 0 Å². The Labute approximate surface area is 130 Å². The van der Waals surface area contributed by atoms with E-state index < -0.39 is 0 Å². The Morgan fingerprint density at radius 3 is 2.95 bits per heavy atom. The number of hydrogen-bond acceptors (Lipinski definition) is 4. The van der Waals surface area contributed by atoms with E-state index in [9.17, 15) is 9.59 Å². The summed E-state index contributed by atoms with van der Waals surface area (Å²) in [4.78, 5) is 25.1. The molecule has 6 heteroatoms. The van der Waals surface area contributed by atoms with Gasteiger partial charge in [0.25, 0.3) is 5.91 Å². The molecule has 0 spiro atoms. The summed E-state index contributed by atoms with van der Waals surface area (Å²) >= 11 is 0. The molecule has 6 nitrogen and oxygen atoms in total. The number of carbonyl (C=O) groups is 2. The number of likely N-dealkylation sites (N-methyl/N-ethyl adjacent to an activating group) is 1. The van der Waals surface area contributed by atoms with Crippen LogP contribution in [0.3, 0.4) is 0 Å². The fourth-order valence-corrected chi connectivity index (χ4v) is 2.44. The monoisotopic (exact) mass is 305 g/mol. The Morgan fingerprint density at radius 1 is 1.50 bits per heavy atom. The van der Waals surface area contributed by atoms with Gasteiger partial charge < -0.3 is 15.8 Å². The Hall–Kier alpha value is -2.08. The number of nitrogens with one attached hydrogen (secondary N) is 1. The normalized spacial score (nSPS) is 15.0. The zero-order valence-corrected chi connectivity index (χ0v) is 13.1. The van der Waals surface area contributed by atoms with Gasteiger partial charge in [0.15, 0.2) is 6.61 Å². The average Bonchev–Trinajstić information content (AvgIpc) is 2.54. The third-order valence-electron chi connectivity index (χ3n) is 3.80. The van der Waals surface area contributed by atoms with E-state index >= 15 is 0 Å². The largest absolute Gasteiger partial charge is 0.482 e. The summed E-state index contributed by atoms with van der Waals surface area (Å²) in [6.45, 7) is 2.06. The van der Waals surface area contributed by atoms with Gasteiger partial charge in [-0.05, 0) is 24.1 Å². The highest BCUT2D eigenvalue weighted by Crippen LogP contribution is 2.34. The molecule has 0 fully saturated rings. The number of hydrogen-bond donors (Lipinski definition) is 2. The standard InChI is InChI=1S/C16H23N3O3/c1-3-4-5-12(17)11-6-7-14-13(8-11)19(9-15(20)18-2)16(21)10-22-14/h6-8,12H,3-5,9-10,17H2,1-2H3,(H,18,20). The van der Waals surface area contributed by atoms with E-state index in [0.29, 0.717) is 11.4 Å². The first kappa shape index (κ1) is 16.3. The van der Waals surface area contributed by atoms with Gasteiger partial charge in [-0.2, -0.15) is 0 Å². The van der Waals surface area contributed by atoms with Crippen LogP contribution in [-0.4, -0.2) is 32.0 Å². The third kappa shape index (κ3) is 3.57. The number of benzene rings is 1. The van der Waals surface area contributed by atoms with Crippen molar-refractivity contribution in [2.45, 2.75) is 32.2 Å². The van der Waals surface area contributed by atoms with E-state index in [2.05, 4.69) is 12.2 Å². The van der Waals surface area contributed by atoms with Crippen LogP contribution in [0.15, 0.2) is 18.2 Å². The fraction of sp³-hybridized carbons (Fsp3) is 0.500. The maximum atomic E-state index is 12.1. The van der Waals surface area contributed by atoms with Crippen LogP contribution in [-0.2, 0) is 9.59 Å². The molecule has 1 aliphatic rings. The fourth-order valence-electron chi connectivity index (χ4n) is 2.44.